The maximum atomic E-state index is 6.09. The van der Waals surface area contributed by atoms with Gasteiger partial charge in [0.15, 0.2) is 0 Å². The Morgan fingerprint density at radius 2 is 2.06 bits per heavy atom. The van der Waals surface area contributed by atoms with Crippen molar-refractivity contribution in [3.05, 3.63) is 24.3 Å². The number of morpholine rings is 1. The van der Waals surface area contributed by atoms with E-state index in [9.17, 15) is 0 Å². The van der Waals surface area contributed by atoms with Crippen LogP contribution in [0.25, 0.3) is 0 Å². The van der Waals surface area contributed by atoms with Gasteiger partial charge in [-0.25, -0.2) is 9.97 Å². The summed E-state index contributed by atoms with van der Waals surface area (Å²) in [5, 5.41) is 3.52. The Kier molecular flexibility index (Phi) is 2.84. The highest BCUT2D eigenvalue weighted by atomic mass is 16.6. The fraction of sp³-hybridized carbons (Fsp3) is 0.692. The zero-order valence-electron chi connectivity index (χ0n) is 10.8. The van der Waals surface area contributed by atoms with Gasteiger partial charge in [-0.3, -0.25) is 0 Å². The zero-order valence-corrected chi connectivity index (χ0v) is 10.8. The van der Waals surface area contributed by atoms with E-state index in [1.807, 2.05) is 12.4 Å². The minimum Gasteiger partial charge on any atom is -0.372 e. The molecular weight excluding hydrogens is 230 g/mol. The average molecular weight is 249 g/mol. The molecule has 0 amide bonds. The minimum atomic E-state index is -0.285. The molecule has 3 rings (SSSR count). The van der Waals surface area contributed by atoms with Crippen LogP contribution in [0.3, 0.4) is 0 Å². The van der Waals surface area contributed by atoms with Crippen LogP contribution in [-0.2, 0) is 9.47 Å². The van der Waals surface area contributed by atoms with Crippen molar-refractivity contribution in [3.8, 4) is 0 Å². The lowest BCUT2D eigenvalue weighted by Gasteiger charge is -2.41. The fourth-order valence-corrected chi connectivity index (χ4v) is 3.03. The van der Waals surface area contributed by atoms with Gasteiger partial charge in [0.25, 0.3) is 0 Å². The molecule has 2 fully saturated rings. The topological polar surface area (TPSA) is 56.3 Å². The highest BCUT2D eigenvalue weighted by Crippen LogP contribution is 2.44. The number of aromatic nitrogens is 2. The molecule has 18 heavy (non-hydrogen) atoms. The highest BCUT2D eigenvalue weighted by molar-refractivity contribution is 5.19. The Morgan fingerprint density at radius 3 is 2.72 bits per heavy atom. The van der Waals surface area contributed by atoms with E-state index in [4.69, 9.17) is 9.47 Å². The molecule has 2 aliphatic heterocycles. The molecule has 5 nitrogen and oxygen atoms in total. The van der Waals surface area contributed by atoms with Crippen molar-refractivity contribution in [2.45, 2.75) is 37.5 Å². The quantitative estimate of drug-likeness (QED) is 0.807. The summed E-state index contributed by atoms with van der Waals surface area (Å²) >= 11 is 0. The Hall–Kier alpha value is -1.04. The van der Waals surface area contributed by atoms with Crippen molar-refractivity contribution in [1.82, 2.24) is 15.3 Å². The molecule has 98 valence electrons. The van der Waals surface area contributed by atoms with Crippen molar-refractivity contribution >= 4 is 0 Å². The zero-order chi connectivity index (χ0) is 12.6. The van der Waals surface area contributed by atoms with Gasteiger partial charge in [-0.05, 0) is 13.8 Å². The third kappa shape index (κ3) is 2.02. The molecule has 5 heteroatoms. The summed E-state index contributed by atoms with van der Waals surface area (Å²) < 4.78 is 12.0. The van der Waals surface area contributed by atoms with Crippen LogP contribution in [0.4, 0.5) is 0 Å². The molecule has 0 aromatic carbocycles. The summed E-state index contributed by atoms with van der Waals surface area (Å²) in [7, 11) is 0. The summed E-state index contributed by atoms with van der Waals surface area (Å²) in [4.78, 5) is 8.21. The first-order valence-electron chi connectivity index (χ1n) is 6.38. The smallest absolute Gasteiger partial charge is 0.115 e. The number of hydrogen-bond donors (Lipinski definition) is 1. The van der Waals surface area contributed by atoms with Gasteiger partial charge < -0.3 is 14.8 Å². The van der Waals surface area contributed by atoms with Crippen LogP contribution < -0.4 is 5.32 Å². The lowest BCUT2D eigenvalue weighted by molar-refractivity contribution is -0.0994. The lowest BCUT2D eigenvalue weighted by atomic mass is 9.83. The van der Waals surface area contributed by atoms with E-state index in [-0.39, 0.29) is 17.2 Å². The summed E-state index contributed by atoms with van der Waals surface area (Å²) in [5.41, 5.74) is 0.651. The van der Waals surface area contributed by atoms with Crippen molar-refractivity contribution in [2.24, 2.45) is 0 Å². The van der Waals surface area contributed by atoms with Gasteiger partial charge in [-0.1, -0.05) is 0 Å². The molecule has 2 aliphatic rings. The Bertz CT molecular complexity index is 424. The van der Waals surface area contributed by atoms with Gasteiger partial charge in [0.2, 0.25) is 0 Å². The van der Waals surface area contributed by atoms with Gasteiger partial charge in [0.1, 0.15) is 11.9 Å². The van der Waals surface area contributed by atoms with E-state index in [1.54, 1.807) is 6.33 Å². The van der Waals surface area contributed by atoms with Crippen molar-refractivity contribution in [1.29, 1.82) is 0 Å². The summed E-state index contributed by atoms with van der Waals surface area (Å²) in [5.74, 6) is 0. The number of nitrogens with zero attached hydrogens (tertiary/aromatic N) is 2. The molecule has 3 heterocycles. The SMILES string of the molecule is CC1(C)CC2(CO1)OCCNC2c1cncnc1. The Labute approximate surface area is 107 Å². The van der Waals surface area contributed by atoms with Crippen LogP contribution in [0.1, 0.15) is 31.9 Å². The molecule has 1 aromatic rings. The Balaban J connectivity index is 1.92. The summed E-state index contributed by atoms with van der Waals surface area (Å²) in [6.45, 7) is 6.41. The van der Waals surface area contributed by atoms with Crippen LogP contribution in [0.15, 0.2) is 18.7 Å². The van der Waals surface area contributed by atoms with Crippen molar-refractivity contribution < 1.29 is 9.47 Å². The maximum Gasteiger partial charge on any atom is 0.115 e. The predicted octanol–water partition coefficient (Wildman–Crippen LogP) is 1.08. The van der Waals surface area contributed by atoms with E-state index in [1.165, 1.54) is 0 Å². The number of ether oxygens (including phenoxy) is 2. The number of hydrogen-bond acceptors (Lipinski definition) is 5. The van der Waals surface area contributed by atoms with Gasteiger partial charge in [-0.15, -0.1) is 0 Å². The van der Waals surface area contributed by atoms with Gasteiger partial charge in [-0.2, -0.15) is 0 Å². The second-order valence-electron chi connectivity index (χ2n) is 5.70. The molecule has 2 saturated heterocycles. The highest BCUT2D eigenvalue weighted by Gasteiger charge is 2.52. The van der Waals surface area contributed by atoms with E-state index in [0.717, 1.165) is 25.1 Å². The van der Waals surface area contributed by atoms with Gasteiger partial charge in [0.05, 0.1) is 24.9 Å². The Morgan fingerprint density at radius 1 is 1.28 bits per heavy atom. The van der Waals surface area contributed by atoms with Crippen LogP contribution in [0, 0.1) is 0 Å². The van der Waals surface area contributed by atoms with Crippen LogP contribution in [0.2, 0.25) is 0 Å². The van der Waals surface area contributed by atoms with Crippen molar-refractivity contribution in [2.75, 3.05) is 19.8 Å². The third-order valence-electron chi connectivity index (χ3n) is 3.71. The van der Waals surface area contributed by atoms with Crippen LogP contribution in [0.5, 0.6) is 0 Å². The first kappa shape index (κ1) is 12.0. The standard InChI is InChI=1S/C13H19N3O2/c1-12(2)7-13(8-18-12)11(16-3-4-17-13)10-5-14-9-15-6-10/h5-6,9,11,16H,3-4,7-8H2,1-2H3. The monoisotopic (exact) mass is 249 g/mol. The van der Waals surface area contributed by atoms with Gasteiger partial charge >= 0.3 is 0 Å². The summed E-state index contributed by atoms with van der Waals surface area (Å²) in [6.07, 6.45) is 6.14. The number of rotatable bonds is 1. The predicted molar refractivity (Wildman–Crippen MR) is 66.1 cm³/mol. The largest absolute Gasteiger partial charge is 0.372 e. The fourth-order valence-electron chi connectivity index (χ4n) is 3.03. The second-order valence-corrected chi connectivity index (χ2v) is 5.70. The average Bonchev–Trinajstić information content (AvgIpc) is 2.67. The normalized spacial score (nSPS) is 34.9. The van der Waals surface area contributed by atoms with E-state index in [2.05, 4.69) is 29.1 Å². The molecule has 0 aliphatic carbocycles. The molecule has 1 N–H and O–H groups in total. The van der Waals surface area contributed by atoms with Crippen molar-refractivity contribution in [3.63, 3.8) is 0 Å². The van der Waals surface area contributed by atoms with E-state index >= 15 is 0 Å². The van der Waals surface area contributed by atoms with Gasteiger partial charge in [0, 0.05) is 30.9 Å². The van der Waals surface area contributed by atoms with Crippen LogP contribution in [-0.4, -0.2) is 40.9 Å². The molecule has 1 aromatic heterocycles. The molecule has 0 bridgehead atoms. The third-order valence-corrected chi connectivity index (χ3v) is 3.71. The number of nitrogens with one attached hydrogen (secondary N) is 1. The first-order valence-corrected chi connectivity index (χ1v) is 6.38. The molecule has 2 atom stereocenters. The lowest BCUT2D eigenvalue weighted by Crippen LogP contribution is -2.53. The minimum absolute atomic E-state index is 0.106. The maximum absolute atomic E-state index is 6.09. The molecule has 0 radical (unpaired) electrons. The molecule has 2 unspecified atom stereocenters. The molecule has 1 spiro atoms. The second kappa shape index (κ2) is 4.26. The molecular formula is C13H19N3O2. The van der Waals surface area contributed by atoms with E-state index < -0.39 is 0 Å². The first-order chi connectivity index (χ1) is 8.61. The summed E-state index contributed by atoms with van der Waals surface area (Å²) in [6, 6.07) is 0.106. The van der Waals surface area contributed by atoms with Crippen LogP contribution >= 0.6 is 0 Å². The molecule has 0 saturated carbocycles. The van der Waals surface area contributed by atoms with E-state index in [0.29, 0.717) is 6.61 Å².